The molecule has 3 aliphatic rings. The largest absolute Gasteiger partial charge is 0.478 e. The van der Waals surface area contributed by atoms with Gasteiger partial charge in [0.05, 0.1) is 6.08 Å². The third kappa shape index (κ3) is 1.93. The average molecular weight is 300 g/mol. The van der Waals surface area contributed by atoms with Crippen molar-refractivity contribution in [3.05, 3.63) is 101 Å². The molecule has 2 heteroatoms. The fourth-order valence-corrected chi connectivity index (χ4v) is 4.13. The summed E-state index contributed by atoms with van der Waals surface area (Å²) in [7, 11) is 0. The minimum Gasteiger partial charge on any atom is -0.478 e. The Bertz CT molecular complexity index is 837. The molecule has 1 unspecified atom stereocenters. The summed E-state index contributed by atoms with van der Waals surface area (Å²) >= 11 is 0. The van der Waals surface area contributed by atoms with Gasteiger partial charge in [-0.25, -0.2) is 4.79 Å². The van der Waals surface area contributed by atoms with E-state index >= 15 is 0 Å². The molecule has 0 fully saturated rings. The van der Waals surface area contributed by atoms with Crippen molar-refractivity contribution in [2.45, 2.75) is 11.8 Å². The maximum absolute atomic E-state index is 11.0. The number of hydrogen-bond acceptors (Lipinski definition) is 1. The minimum atomic E-state index is -0.969. The van der Waals surface area contributed by atoms with Crippen molar-refractivity contribution in [1.82, 2.24) is 0 Å². The van der Waals surface area contributed by atoms with E-state index in [1.807, 2.05) is 18.2 Å². The second kappa shape index (κ2) is 5.12. The lowest BCUT2D eigenvalue weighted by Gasteiger charge is -2.45. The van der Waals surface area contributed by atoms with E-state index in [2.05, 4.69) is 48.7 Å². The van der Waals surface area contributed by atoms with Gasteiger partial charge in [-0.3, -0.25) is 0 Å². The first-order valence-electron chi connectivity index (χ1n) is 7.72. The molecule has 2 nitrogen and oxygen atoms in total. The molecule has 5 rings (SSSR count). The van der Waals surface area contributed by atoms with E-state index in [0.717, 1.165) is 11.6 Å². The molecule has 112 valence electrons. The van der Waals surface area contributed by atoms with Crippen LogP contribution in [0.4, 0.5) is 0 Å². The number of aliphatic carboxylic acids is 1. The highest BCUT2D eigenvalue weighted by Gasteiger charge is 2.45. The fraction of sp³-hybridized carbons (Fsp3) is 0.143. The third-order valence-corrected chi connectivity index (χ3v) is 4.93. The number of hydrogen-bond donors (Lipinski definition) is 1. The van der Waals surface area contributed by atoms with Crippen molar-refractivity contribution in [3.8, 4) is 0 Å². The normalized spacial score (nSPS) is 23.5. The zero-order valence-corrected chi connectivity index (χ0v) is 12.6. The van der Waals surface area contributed by atoms with E-state index in [4.69, 9.17) is 5.11 Å². The summed E-state index contributed by atoms with van der Waals surface area (Å²) in [5.41, 5.74) is 9.22. The summed E-state index contributed by atoms with van der Waals surface area (Å²) in [6.07, 6.45) is 3.05. The van der Waals surface area contributed by atoms with Crippen molar-refractivity contribution in [1.29, 1.82) is 0 Å². The molecule has 0 radical (unpaired) electrons. The topological polar surface area (TPSA) is 37.3 Å². The van der Waals surface area contributed by atoms with E-state index in [-0.39, 0.29) is 17.8 Å². The van der Waals surface area contributed by atoms with Crippen LogP contribution in [0.2, 0.25) is 0 Å². The highest BCUT2D eigenvalue weighted by Crippen LogP contribution is 2.57. The molecule has 0 saturated heterocycles. The van der Waals surface area contributed by atoms with Crippen LogP contribution in [0.5, 0.6) is 0 Å². The predicted molar refractivity (Wildman–Crippen MR) is 89.5 cm³/mol. The summed E-state index contributed by atoms with van der Waals surface area (Å²) in [6.45, 7) is 4.00. The maximum Gasteiger partial charge on any atom is 0.336 e. The lowest BCUT2D eigenvalue weighted by Crippen LogP contribution is -2.33. The zero-order valence-electron chi connectivity index (χ0n) is 12.6. The van der Waals surface area contributed by atoms with E-state index < -0.39 is 5.97 Å². The monoisotopic (exact) mass is 300 g/mol. The van der Waals surface area contributed by atoms with Crippen LogP contribution in [0.3, 0.4) is 0 Å². The number of allylic oxidation sites excluding steroid dienone is 1. The van der Waals surface area contributed by atoms with Crippen LogP contribution in [-0.4, -0.2) is 11.1 Å². The molecule has 1 atom stereocenters. The Balaban J connectivity index is 2.06. The van der Waals surface area contributed by atoms with Gasteiger partial charge in [0.2, 0.25) is 0 Å². The average Bonchev–Trinajstić information content (AvgIpc) is 2.59. The standard InChI is InChI=1S/C21H16O2/c1-2-13-18(11-12-19(22)23)21-16-9-5-3-7-14(16)20(13)15-8-4-6-10-17(15)21/h2-10,12-13,20-21H,1H2,(H,22,23). The molecular formula is C21H16O2. The molecule has 1 N–H and O–H groups in total. The Labute approximate surface area is 135 Å². The Kier molecular flexibility index (Phi) is 3.07. The summed E-state index contributed by atoms with van der Waals surface area (Å²) < 4.78 is 0. The van der Waals surface area contributed by atoms with E-state index in [9.17, 15) is 4.79 Å². The van der Waals surface area contributed by atoms with Crippen LogP contribution in [0.1, 0.15) is 34.1 Å². The molecule has 2 aromatic carbocycles. The first-order chi connectivity index (χ1) is 11.2. The molecular weight excluding hydrogens is 284 g/mol. The molecule has 0 aliphatic heterocycles. The predicted octanol–water partition coefficient (Wildman–Crippen LogP) is 4.25. The Morgan fingerprint density at radius 3 is 2.00 bits per heavy atom. The molecule has 0 heterocycles. The highest BCUT2D eigenvalue weighted by molar-refractivity contribution is 5.80. The van der Waals surface area contributed by atoms with Gasteiger partial charge in [0.1, 0.15) is 0 Å². The van der Waals surface area contributed by atoms with E-state index in [0.29, 0.717) is 0 Å². The molecule has 0 aromatic heterocycles. The SMILES string of the molecule is C=CC1C(=C=CC(=O)O)C2c3ccccc3C1c1ccccc12. The van der Waals surface area contributed by atoms with E-state index in [1.165, 1.54) is 22.3 Å². The molecule has 0 spiro atoms. The van der Waals surface area contributed by atoms with Crippen LogP contribution in [0.15, 0.2) is 78.6 Å². The molecule has 0 amide bonds. The number of carbonyl (C=O) groups is 1. The lowest BCUT2D eigenvalue weighted by atomic mass is 9.57. The second-order valence-electron chi connectivity index (χ2n) is 6.01. The fourth-order valence-electron chi connectivity index (χ4n) is 4.13. The number of rotatable bonds is 2. The number of carboxylic acid groups (broad SMARTS) is 1. The van der Waals surface area contributed by atoms with Gasteiger partial charge >= 0.3 is 5.97 Å². The van der Waals surface area contributed by atoms with Gasteiger partial charge in [0.25, 0.3) is 0 Å². The van der Waals surface area contributed by atoms with Crippen LogP contribution in [-0.2, 0) is 4.79 Å². The van der Waals surface area contributed by atoms with Gasteiger partial charge < -0.3 is 5.11 Å². The Hall–Kier alpha value is -2.83. The van der Waals surface area contributed by atoms with Gasteiger partial charge in [-0.2, -0.15) is 0 Å². The second-order valence-corrected chi connectivity index (χ2v) is 6.01. The van der Waals surface area contributed by atoms with Crippen molar-refractivity contribution in [2.75, 3.05) is 0 Å². The molecule has 2 bridgehead atoms. The minimum absolute atomic E-state index is 0.0611. The van der Waals surface area contributed by atoms with E-state index in [1.54, 1.807) is 0 Å². The summed E-state index contributed by atoms with van der Waals surface area (Å²) in [4.78, 5) is 11.0. The quantitative estimate of drug-likeness (QED) is 0.511. The first kappa shape index (κ1) is 13.8. The first-order valence-corrected chi connectivity index (χ1v) is 7.72. The van der Waals surface area contributed by atoms with Crippen LogP contribution < -0.4 is 0 Å². The van der Waals surface area contributed by atoms with Crippen molar-refractivity contribution in [3.63, 3.8) is 0 Å². The Morgan fingerprint density at radius 2 is 1.52 bits per heavy atom. The molecule has 3 aliphatic carbocycles. The third-order valence-electron chi connectivity index (χ3n) is 4.93. The zero-order chi connectivity index (χ0) is 16.0. The summed E-state index contributed by atoms with van der Waals surface area (Å²) in [5.74, 6) is -0.635. The van der Waals surface area contributed by atoms with Gasteiger partial charge in [0.15, 0.2) is 0 Å². The molecule has 23 heavy (non-hydrogen) atoms. The number of carboxylic acids is 1. The molecule has 2 aromatic rings. The van der Waals surface area contributed by atoms with Crippen LogP contribution >= 0.6 is 0 Å². The van der Waals surface area contributed by atoms with Crippen LogP contribution in [0.25, 0.3) is 0 Å². The number of benzene rings is 2. The smallest absolute Gasteiger partial charge is 0.336 e. The lowest BCUT2D eigenvalue weighted by molar-refractivity contribution is -0.131. The highest BCUT2D eigenvalue weighted by atomic mass is 16.4. The van der Waals surface area contributed by atoms with Gasteiger partial charge in [-0.1, -0.05) is 54.6 Å². The summed E-state index contributed by atoms with van der Waals surface area (Å²) in [6, 6.07) is 16.9. The van der Waals surface area contributed by atoms with Gasteiger partial charge in [0, 0.05) is 17.8 Å². The maximum atomic E-state index is 11.0. The van der Waals surface area contributed by atoms with Crippen molar-refractivity contribution < 1.29 is 9.90 Å². The summed E-state index contributed by atoms with van der Waals surface area (Å²) in [5, 5.41) is 9.01. The molecule has 0 saturated carbocycles. The van der Waals surface area contributed by atoms with Gasteiger partial charge in [-0.05, 0) is 27.8 Å². The number of fused-ring (bicyclic) bond motifs is 1. The van der Waals surface area contributed by atoms with Gasteiger partial charge in [-0.15, -0.1) is 12.3 Å². The Morgan fingerprint density at radius 1 is 1.00 bits per heavy atom. The van der Waals surface area contributed by atoms with Crippen molar-refractivity contribution >= 4 is 5.97 Å². The van der Waals surface area contributed by atoms with Crippen LogP contribution in [0, 0.1) is 5.92 Å². The van der Waals surface area contributed by atoms with Crippen molar-refractivity contribution in [2.24, 2.45) is 5.92 Å².